The molecule has 39 heavy (non-hydrogen) atoms. The van der Waals surface area contributed by atoms with Crippen LogP contribution < -0.4 is 16.4 Å². The first-order valence-electron chi connectivity index (χ1n) is 11.1. The summed E-state index contributed by atoms with van der Waals surface area (Å²) in [7, 11) is -10.1. The third-order valence-electron chi connectivity index (χ3n) is 5.81. The molecule has 4 rings (SSSR count). The first kappa shape index (κ1) is 27.7. The highest BCUT2D eigenvalue weighted by Gasteiger charge is 2.31. The molecule has 0 bridgehead atoms. The van der Waals surface area contributed by atoms with Gasteiger partial charge in [0.15, 0.2) is 21.1 Å². The predicted molar refractivity (Wildman–Crippen MR) is 137 cm³/mol. The van der Waals surface area contributed by atoms with Crippen LogP contribution in [0.5, 0.6) is 0 Å². The van der Waals surface area contributed by atoms with Crippen molar-refractivity contribution in [3.05, 3.63) is 59.5 Å². The fourth-order valence-corrected chi connectivity index (χ4v) is 5.72. The highest BCUT2D eigenvalue weighted by Crippen LogP contribution is 2.45. The number of carboxylic acid groups (broad SMARTS) is 1. The lowest BCUT2D eigenvalue weighted by molar-refractivity contribution is -0.137. The molecule has 7 N–H and O–H groups in total. The molecule has 0 radical (unpaired) electrons. The van der Waals surface area contributed by atoms with Crippen LogP contribution in [0.15, 0.2) is 62.7 Å². The summed E-state index contributed by atoms with van der Waals surface area (Å²) in [5, 5.41) is 18.8. The number of hydrogen-bond donors (Lipinski definition) is 6. The number of carboxylic acids is 1. The summed E-state index contributed by atoms with van der Waals surface area (Å²) in [6.45, 7) is 0.0314. The summed E-state index contributed by atoms with van der Waals surface area (Å²) in [5.41, 5.74) is 5.10. The Kier molecular flexibility index (Phi) is 7.18. The Balaban J connectivity index is 2.12. The average molecular weight is 576 g/mol. The lowest BCUT2D eigenvalue weighted by Gasteiger charge is -2.20. The van der Waals surface area contributed by atoms with Crippen LogP contribution in [0.1, 0.15) is 23.2 Å². The van der Waals surface area contributed by atoms with E-state index in [1.165, 1.54) is 30.3 Å². The standard InChI is InChI=1S/C24H21N3O10S2/c25-16-9-7-14-19(12-4-1-2-5-13(12)24(30)27-11-3-6-18(28)29)15-8-10-17(26)23(39(34,35)36)21(15)37-20(14)22(16)38(31,32)33/h1-2,4-5,7-10,25H,3,6,11,26H2,(H,27,30)(H,28,29)(H,31,32,33)(H,34,35,36). The second-order valence-corrected chi connectivity index (χ2v) is 11.1. The van der Waals surface area contributed by atoms with Crippen molar-refractivity contribution in [3.8, 4) is 22.5 Å². The van der Waals surface area contributed by atoms with Crippen LogP contribution in [0, 0.1) is 5.41 Å². The number of aliphatic carboxylic acids is 1. The van der Waals surface area contributed by atoms with Crippen molar-refractivity contribution < 1.29 is 45.1 Å². The maximum absolute atomic E-state index is 13.1. The SMILES string of the molecule is N=c1ccc2c(-c3ccccc3C(=O)NCCCC(=O)O)c3ccc(N)c(S(=O)(=O)O)c3oc-2c1S(=O)(=O)O. The monoisotopic (exact) mass is 575 g/mol. The van der Waals surface area contributed by atoms with Gasteiger partial charge >= 0.3 is 5.97 Å². The number of benzene rings is 3. The smallest absolute Gasteiger partial charge is 0.303 e. The molecule has 1 aliphatic heterocycles. The number of carbonyl (C=O) groups excluding carboxylic acids is 1. The van der Waals surface area contributed by atoms with Gasteiger partial charge in [0.2, 0.25) is 0 Å². The van der Waals surface area contributed by atoms with Gasteiger partial charge in [-0.3, -0.25) is 24.1 Å². The molecule has 0 spiro atoms. The van der Waals surface area contributed by atoms with Crippen molar-refractivity contribution in [3.63, 3.8) is 0 Å². The van der Waals surface area contributed by atoms with Gasteiger partial charge in [0, 0.05) is 35.0 Å². The zero-order valence-electron chi connectivity index (χ0n) is 19.8. The van der Waals surface area contributed by atoms with E-state index in [-0.39, 0.29) is 47.0 Å². The maximum Gasteiger partial charge on any atom is 0.303 e. The maximum atomic E-state index is 13.1. The minimum Gasteiger partial charge on any atom is -0.481 e. The van der Waals surface area contributed by atoms with Crippen molar-refractivity contribution in [1.82, 2.24) is 5.32 Å². The predicted octanol–water partition coefficient (Wildman–Crippen LogP) is 2.35. The molecule has 0 saturated heterocycles. The van der Waals surface area contributed by atoms with Crippen LogP contribution in [0.4, 0.5) is 5.69 Å². The number of carbonyl (C=O) groups is 2. The minimum absolute atomic E-state index is 0.00877. The van der Waals surface area contributed by atoms with Crippen molar-refractivity contribution in [1.29, 1.82) is 5.41 Å². The van der Waals surface area contributed by atoms with E-state index in [2.05, 4.69) is 5.32 Å². The summed E-state index contributed by atoms with van der Waals surface area (Å²) >= 11 is 0. The molecule has 2 aliphatic rings. The topological polar surface area (TPSA) is 238 Å². The number of rotatable bonds is 8. The minimum atomic E-state index is -5.09. The van der Waals surface area contributed by atoms with E-state index >= 15 is 0 Å². The molecule has 1 heterocycles. The molecule has 1 aliphatic carbocycles. The molecule has 2 aromatic carbocycles. The van der Waals surface area contributed by atoms with Crippen LogP contribution in [-0.4, -0.2) is 49.5 Å². The third-order valence-corrected chi connectivity index (χ3v) is 7.67. The van der Waals surface area contributed by atoms with Gasteiger partial charge in [0.05, 0.1) is 11.0 Å². The quantitative estimate of drug-likeness (QED) is 0.0771. The normalized spacial score (nSPS) is 12.1. The van der Waals surface area contributed by atoms with E-state index in [1.807, 2.05) is 0 Å². The molecule has 204 valence electrons. The molecule has 0 unspecified atom stereocenters. The van der Waals surface area contributed by atoms with Gasteiger partial charge < -0.3 is 20.6 Å². The molecule has 13 nitrogen and oxygen atoms in total. The van der Waals surface area contributed by atoms with E-state index in [4.69, 9.17) is 20.7 Å². The summed E-state index contributed by atoms with van der Waals surface area (Å²) < 4.78 is 74.5. The largest absolute Gasteiger partial charge is 0.481 e. The van der Waals surface area contributed by atoms with Gasteiger partial charge in [-0.15, -0.1) is 0 Å². The zero-order chi connectivity index (χ0) is 28.7. The average Bonchev–Trinajstić information content (AvgIpc) is 2.83. The molecule has 2 aromatic rings. The van der Waals surface area contributed by atoms with Crippen molar-refractivity contribution in [2.45, 2.75) is 22.6 Å². The van der Waals surface area contributed by atoms with Crippen molar-refractivity contribution in [2.24, 2.45) is 0 Å². The van der Waals surface area contributed by atoms with Gasteiger partial charge in [-0.25, -0.2) is 0 Å². The second kappa shape index (κ2) is 10.1. The number of amides is 1. The van der Waals surface area contributed by atoms with E-state index < -0.39 is 64.3 Å². The van der Waals surface area contributed by atoms with Gasteiger partial charge in [0.1, 0.15) is 0 Å². The van der Waals surface area contributed by atoms with Crippen LogP contribution in [0.25, 0.3) is 33.4 Å². The molecule has 0 aromatic heterocycles. The number of anilines is 1. The Morgan fingerprint density at radius 2 is 1.59 bits per heavy atom. The van der Waals surface area contributed by atoms with Crippen LogP contribution in [-0.2, 0) is 25.0 Å². The molecule has 0 atom stereocenters. The summed E-state index contributed by atoms with van der Waals surface area (Å²) in [6.07, 6.45) is -0.0224. The Labute approximate surface area is 221 Å². The van der Waals surface area contributed by atoms with Crippen LogP contribution in [0.2, 0.25) is 0 Å². The van der Waals surface area contributed by atoms with Gasteiger partial charge in [0.25, 0.3) is 26.1 Å². The Morgan fingerprint density at radius 3 is 2.23 bits per heavy atom. The molecule has 0 fully saturated rings. The van der Waals surface area contributed by atoms with Gasteiger partial charge in [-0.2, -0.15) is 16.8 Å². The molecular formula is C24H21N3O10S2. The summed E-state index contributed by atoms with van der Waals surface area (Å²) in [5.74, 6) is -2.26. The number of nitrogen functional groups attached to an aromatic ring is 1. The Bertz CT molecular complexity index is 1900. The fraction of sp³-hybridized carbons (Fsp3) is 0.125. The summed E-state index contributed by atoms with van der Waals surface area (Å²) in [4.78, 5) is 22.0. The van der Waals surface area contributed by atoms with Crippen molar-refractivity contribution >= 4 is 48.8 Å². The lowest BCUT2D eigenvalue weighted by atomic mass is 9.90. The van der Waals surface area contributed by atoms with Gasteiger partial charge in [-0.05, 0) is 42.3 Å². The highest BCUT2D eigenvalue weighted by atomic mass is 32.2. The van der Waals surface area contributed by atoms with E-state index in [9.17, 15) is 35.5 Å². The van der Waals surface area contributed by atoms with Crippen LogP contribution in [0.3, 0.4) is 0 Å². The Morgan fingerprint density at radius 1 is 0.923 bits per heavy atom. The molecule has 15 heteroatoms. The fourth-order valence-electron chi connectivity index (χ4n) is 4.23. The zero-order valence-corrected chi connectivity index (χ0v) is 21.5. The van der Waals surface area contributed by atoms with E-state index in [0.717, 1.165) is 6.07 Å². The molecule has 0 saturated carbocycles. The van der Waals surface area contributed by atoms with E-state index in [1.54, 1.807) is 12.1 Å². The number of fused-ring (bicyclic) bond motifs is 2. The molecule has 1 amide bonds. The summed E-state index contributed by atoms with van der Waals surface area (Å²) in [6, 6.07) is 10.9. The first-order chi connectivity index (χ1) is 18.2. The molecular weight excluding hydrogens is 554 g/mol. The number of nitrogens with one attached hydrogen (secondary N) is 2. The highest BCUT2D eigenvalue weighted by molar-refractivity contribution is 7.86. The number of hydrogen-bond acceptors (Lipinski definition) is 9. The van der Waals surface area contributed by atoms with Gasteiger partial charge in [-0.1, -0.05) is 18.2 Å². The van der Waals surface area contributed by atoms with Crippen molar-refractivity contribution in [2.75, 3.05) is 12.3 Å². The first-order valence-corrected chi connectivity index (χ1v) is 14.0. The Hall–Kier alpha value is -4.31. The van der Waals surface area contributed by atoms with E-state index in [0.29, 0.717) is 0 Å². The second-order valence-electron chi connectivity index (χ2n) is 8.41. The van der Waals surface area contributed by atoms with Crippen LogP contribution >= 0.6 is 0 Å². The number of nitrogens with two attached hydrogens (primary N) is 1. The third kappa shape index (κ3) is 5.33. The lowest BCUT2D eigenvalue weighted by Crippen LogP contribution is -2.25.